The molecule has 0 bridgehead atoms. The molecule has 0 amide bonds. The van der Waals surface area contributed by atoms with E-state index in [1.165, 1.54) is 0 Å². The fourth-order valence-corrected chi connectivity index (χ4v) is 0.0840. The van der Waals surface area contributed by atoms with Gasteiger partial charge in [0, 0.05) is 0 Å². The summed E-state index contributed by atoms with van der Waals surface area (Å²) in [6.07, 6.45) is 2.44. The smallest absolute Gasteiger partial charge is 0.0867 e. The maximum atomic E-state index is 10.8. The van der Waals surface area contributed by atoms with Crippen LogP contribution in [0.25, 0.3) is 0 Å². The molecule has 0 aromatic heterocycles. The van der Waals surface area contributed by atoms with Gasteiger partial charge in [-0.25, -0.2) is 8.78 Å². The van der Waals surface area contributed by atoms with E-state index in [1.807, 2.05) is 0 Å². The Hall–Kier alpha value is -0.660. The Morgan fingerprint density at radius 2 is 1.17 bits per heavy atom. The standard InChI is InChI=1S/C4H4F2/c5-3-1-2-4-6/h1-4H/b3-1+,4-2+. The molecule has 0 N–H and O–H groups in total. The van der Waals surface area contributed by atoms with E-state index < -0.39 is 0 Å². The molecule has 0 nitrogen and oxygen atoms in total. The van der Waals surface area contributed by atoms with Crippen LogP contribution in [0.2, 0.25) is 0 Å². The van der Waals surface area contributed by atoms with Crippen LogP contribution in [0, 0.1) is 0 Å². The second-order valence-corrected chi connectivity index (χ2v) is 0.637. The lowest BCUT2D eigenvalue weighted by molar-refractivity contribution is 0.712. The largest absolute Gasteiger partial charge is 0.216 e. The lowest BCUT2D eigenvalue weighted by atomic mass is 10.6. The van der Waals surface area contributed by atoms with Gasteiger partial charge in [-0.1, -0.05) is 0 Å². The van der Waals surface area contributed by atoms with Crippen molar-refractivity contribution in [2.24, 2.45) is 0 Å². The molecule has 0 rings (SSSR count). The highest BCUT2D eigenvalue weighted by Crippen LogP contribution is 1.75. The van der Waals surface area contributed by atoms with Gasteiger partial charge in [0.1, 0.15) is 0 Å². The fraction of sp³-hybridized carbons (Fsp3) is 0. The molecule has 0 heterocycles. The molecule has 0 saturated heterocycles. The van der Waals surface area contributed by atoms with Gasteiger partial charge in [0.15, 0.2) is 0 Å². The predicted octanol–water partition coefficient (Wildman–Crippen LogP) is 1.95. The van der Waals surface area contributed by atoms with E-state index in [1.54, 1.807) is 0 Å². The first-order valence-electron chi connectivity index (χ1n) is 1.44. The molecule has 0 saturated carbocycles. The molecule has 0 aliphatic rings. The molecule has 0 fully saturated rings. The SMILES string of the molecule is F/C=C/C=C/F. The molecule has 0 aliphatic heterocycles. The third-order valence-corrected chi connectivity index (χ3v) is 0.257. The van der Waals surface area contributed by atoms with Gasteiger partial charge in [0.2, 0.25) is 0 Å². The number of halogens is 2. The second kappa shape index (κ2) is 4.34. The Labute approximate surface area is 34.8 Å². The summed E-state index contributed by atoms with van der Waals surface area (Å²) in [5.74, 6) is 0. The van der Waals surface area contributed by atoms with E-state index in [-0.39, 0.29) is 12.7 Å². The monoisotopic (exact) mass is 90.0 g/mol. The Morgan fingerprint density at radius 1 is 0.833 bits per heavy atom. The molecule has 0 aromatic carbocycles. The average molecular weight is 90.1 g/mol. The number of hydrogen-bond donors (Lipinski definition) is 0. The van der Waals surface area contributed by atoms with Crippen LogP contribution >= 0.6 is 0 Å². The Kier molecular flexibility index (Phi) is 3.86. The minimum absolute atomic E-state index is 0.260. The highest BCUT2D eigenvalue weighted by molar-refractivity contribution is 4.94. The van der Waals surface area contributed by atoms with Crippen molar-refractivity contribution in [3.8, 4) is 0 Å². The van der Waals surface area contributed by atoms with Crippen molar-refractivity contribution in [1.82, 2.24) is 0 Å². The van der Waals surface area contributed by atoms with E-state index >= 15 is 0 Å². The molecule has 0 radical (unpaired) electrons. The van der Waals surface area contributed by atoms with Crippen molar-refractivity contribution < 1.29 is 8.78 Å². The highest BCUT2D eigenvalue weighted by Gasteiger charge is 1.54. The van der Waals surface area contributed by atoms with Crippen molar-refractivity contribution in [3.05, 3.63) is 24.8 Å². The van der Waals surface area contributed by atoms with Crippen LogP contribution in [0.3, 0.4) is 0 Å². The van der Waals surface area contributed by atoms with Crippen LogP contribution in [0.15, 0.2) is 24.8 Å². The minimum atomic E-state index is 0.260. The molecule has 0 unspecified atom stereocenters. The molecule has 0 spiro atoms. The van der Waals surface area contributed by atoms with Crippen LogP contribution in [0.4, 0.5) is 8.78 Å². The molecular formula is C4H4F2. The summed E-state index contributed by atoms with van der Waals surface area (Å²) < 4.78 is 21.6. The van der Waals surface area contributed by atoms with E-state index in [4.69, 9.17) is 0 Å². The van der Waals surface area contributed by atoms with Crippen LogP contribution in [0.5, 0.6) is 0 Å². The van der Waals surface area contributed by atoms with Crippen LogP contribution < -0.4 is 0 Å². The lowest BCUT2D eigenvalue weighted by Crippen LogP contribution is -1.36. The molecule has 0 aromatic rings. The van der Waals surface area contributed by atoms with E-state index in [9.17, 15) is 8.78 Å². The van der Waals surface area contributed by atoms with Crippen LogP contribution in [0.1, 0.15) is 0 Å². The molecule has 34 valence electrons. The van der Waals surface area contributed by atoms with Crippen molar-refractivity contribution in [2.75, 3.05) is 0 Å². The summed E-state index contributed by atoms with van der Waals surface area (Å²) >= 11 is 0. The summed E-state index contributed by atoms with van der Waals surface area (Å²) in [5, 5.41) is 0. The summed E-state index contributed by atoms with van der Waals surface area (Å²) in [6.45, 7) is 0. The average Bonchev–Trinajstić information content (AvgIpc) is 1.61. The summed E-state index contributed by atoms with van der Waals surface area (Å²) in [7, 11) is 0. The van der Waals surface area contributed by atoms with Crippen LogP contribution in [-0.4, -0.2) is 0 Å². The molecule has 0 aliphatic carbocycles. The molecule has 0 atom stereocenters. The Morgan fingerprint density at radius 3 is 1.33 bits per heavy atom. The first-order chi connectivity index (χ1) is 2.91. The summed E-state index contributed by atoms with van der Waals surface area (Å²) in [6, 6.07) is 0. The van der Waals surface area contributed by atoms with Gasteiger partial charge in [-0.15, -0.1) is 0 Å². The van der Waals surface area contributed by atoms with Gasteiger partial charge in [0.25, 0.3) is 0 Å². The second-order valence-electron chi connectivity index (χ2n) is 0.637. The normalized spacial score (nSPS) is 11.7. The van der Waals surface area contributed by atoms with Gasteiger partial charge >= 0.3 is 0 Å². The number of hydrogen-bond acceptors (Lipinski definition) is 0. The van der Waals surface area contributed by atoms with Gasteiger partial charge in [-0.05, 0) is 12.2 Å². The first-order valence-corrected chi connectivity index (χ1v) is 1.44. The lowest BCUT2D eigenvalue weighted by Gasteiger charge is -1.57. The number of allylic oxidation sites excluding steroid dienone is 2. The minimum Gasteiger partial charge on any atom is -0.216 e. The third kappa shape index (κ3) is 3.34. The van der Waals surface area contributed by atoms with Gasteiger partial charge in [0.05, 0.1) is 12.7 Å². The van der Waals surface area contributed by atoms with Crippen LogP contribution in [-0.2, 0) is 0 Å². The topological polar surface area (TPSA) is 0 Å². The highest BCUT2D eigenvalue weighted by atomic mass is 19.1. The van der Waals surface area contributed by atoms with Crippen molar-refractivity contribution >= 4 is 0 Å². The van der Waals surface area contributed by atoms with Crippen molar-refractivity contribution in [2.45, 2.75) is 0 Å². The van der Waals surface area contributed by atoms with E-state index in [0.717, 1.165) is 12.2 Å². The zero-order chi connectivity index (χ0) is 4.83. The van der Waals surface area contributed by atoms with Gasteiger partial charge < -0.3 is 0 Å². The predicted molar refractivity (Wildman–Crippen MR) is 20.5 cm³/mol. The summed E-state index contributed by atoms with van der Waals surface area (Å²) in [4.78, 5) is 0. The maximum Gasteiger partial charge on any atom is 0.0867 e. The zero-order valence-corrected chi connectivity index (χ0v) is 3.07. The maximum absolute atomic E-state index is 10.8. The molecular weight excluding hydrogens is 86.0 g/mol. The van der Waals surface area contributed by atoms with E-state index in [2.05, 4.69) is 0 Å². The van der Waals surface area contributed by atoms with E-state index in [0.29, 0.717) is 0 Å². The van der Waals surface area contributed by atoms with Gasteiger partial charge in [-0.3, -0.25) is 0 Å². The number of rotatable bonds is 1. The molecule has 2 heteroatoms. The van der Waals surface area contributed by atoms with Crippen molar-refractivity contribution in [3.63, 3.8) is 0 Å². The summed E-state index contributed by atoms with van der Waals surface area (Å²) in [5.41, 5.74) is 0. The quantitative estimate of drug-likeness (QED) is 0.432. The fourth-order valence-electron chi connectivity index (χ4n) is 0.0840. The first kappa shape index (κ1) is 5.34. The van der Waals surface area contributed by atoms with Crippen molar-refractivity contribution in [1.29, 1.82) is 0 Å². The van der Waals surface area contributed by atoms with Gasteiger partial charge in [-0.2, -0.15) is 0 Å². The molecule has 6 heavy (non-hydrogen) atoms. The zero-order valence-electron chi connectivity index (χ0n) is 3.07. The Balaban J connectivity index is 3.07. The Bertz CT molecular complexity index is 53.9. The third-order valence-electron chi connectivity index (χ3n) is 0.257.